The Morgan fingerprint density at radius 1 is 1.56 bits per heavy atom. The zero-order chi connectivity index (χ0) is 6.91. The Balaban J connectivity index is 2.46. The number of hydrogen-bond donors (Lipinski definition) is 0. The second-order valence-electron chi connectivity index (χ2n) is 2.51. The predicted molar refractivity (Wildman–Crippen MR) is 29.5 cm³/mol. The summed E-state index contributed by atoms with van der Waals surface area (Å²) in [4.78, 5) is 0. The largest absolute Gasteiger partial charge is 0.380 e. The smallest absolute Gasteiger partial charge is 0.248 e. The van der Waals surface area contributed by atoms with Crippen LogP contribution >= 0.6 is 0 Å². The van der Waals surface area contributed by atoms with Crippen molar-refractivity contribution in [2.24, 2.45) is 5.41 Å². The summed E-state index contributed by atoms with van der Waals surface area (Å²) in [7, 11) is 0. The van der Waals surface area contributed by atoms with E-state index in [9.17, 15) is 8.78 Å². The maximum absolute atomic E-state index is 12.1. The van der Waals surface area contributed by atoms with Crippen molar-refractivity contribution in [1.29, 1.82) is 0 Å². The van der Waals surface area contributed by atoms with Gasteiger partial charge in [0.25, 0.3) is 0 Å². The minimum atomic E-state index is -2.21. The van der Waals surface area contributed by atoms with Crippen LogP contribution in [0.5, 0.6) is 0 Å². The van der Waals surface area contributed by atoms with Crippen molar-refractivity contribution in [2.45, 2.75) is 19.8 Å². The van der Waals surface area contributed by atoms with Gasteiger partial charge >= 0.3 is 0 Å². The summed E-state index contributed by atoms with van der Waals surface area (Å²) >= 11 is 0. The van der Waals surface area contributed by atoms with Crippen LogP contribution in [0, 0.1) is 5.41 Å². The first-order valence-corrected chi connectivity index (χ1v) is 3.07. The van der Waals surface area contributed by atoms with Crippen LogP contribution in [0.2, 0.25) is 0 Å². The average molecular weight is 136 g/mol. The molecule has 0 spiro atoms. The zero-order valence-corrected chi connectivity index (χ0v) is 5.36. The highest BCUT2D eigenvalue weighted by Gasteiger charge is 2.45. The second-order valence-corrected chi connectivity index (χ2v) is 2.51. The van der Waals surface area contributed by atoms with Gasteiger partial charge in [0.2, 0.25) is 6.43 Å². The molecule has 3 heteroatoms. The Morgan fingerprint density at radius 3 is 2.11 bits per heavy atom. The molecular formula is C6H10F2O. The molecule has 1 rings (SSSR count). The molecule has 0 aromatic carbocycles. The van der Waals surface area contributed by atoms with Crippen molar-refractivity contribution in [2.75, 3.05) is 13.2 Å². The SMILES string of the molecule is CCC1(C(F)F)COC1. The van der Waals surface area contributed by atoms with Gasteiger partial charge in [-0.3, -0.25) is 0 Å². The molecule has 0 unspecified atom stereocenters. The van der Waals surface area contributed by atoms with Gasteiger partial charge in [0.05, 0.1) is 18.6 Å². The van der Waals surface area contributed by atoms with Gasteiger partial charge in [0.15, 0.2) is 0 Å². The molecule has 0 aliphatic carbocycles. The Bertz CT molecular complexity index is 93.7. The summed E-state index contributed by atoms with van der Waals surface area (Å²) in [5, 5.41) is 0. The molecular weight excluding hydrogens is 126 g/mol. The molecule has 0 aromatic rings. The van der Waals surface area contributed by atoms with E-state index in [0.29, 0.717) is 6.42 Å². The number of alkyl halides is 2. The molecule has 0 amide bonds. The van der Waals surface area contributed by atoms with E-state index in [1.54, 1.807) is 6.92 Å². The topological polar surface area (TPSA) is 9.23 Å². The van der Waals surface area contributed by atoms with Crippen molar-refractivity contribution in [1.82, 2.24) is 0 Å². The minimum absolute atomic E-state index is 0.237. The van der Waals surface area contributed by atoms with Crippen LogP contribution in [0.25, 0.3) is 0 Å². The lowest BCUT2D eigenvalue weighted by molar-refractivity contribution is -0.186. The third kappa shape index (κ3) is 0.936. The van der Waals surface area contributed by atoms with Gasteiger partial charge in [-0.25, -0.2) is 8.78 Å². The number of halogens is 2. The molecule has 0 aromatic heterocycles. The molecule has 1 heterocycles. The molecule has 1 aliphatic heterocycles. The zero-order valence-electron chi connectivity index (χ0n) is 5.36. The highest BCUT2D eigenvalue weighted by Crippen LogP contribution is 2.37. The van der Waals surface area contributed by atoms with E-state index in [2.05, 4.69) is 0 Å². The highest BCUT2D eigenvalue weighted by atomic mass is 19.3. The molecule has 0 bridgehead atoms. The van der Waals surface area contributed by atoms with Crippen molar-refractivity contribution in [3.8, 4) is 0 Å². The van der Waals surface area contributed by atoms with E-state index in [1.807, 2.05) is 0 Å². The molecule has 54 valence electrons. The van der Waals surface area contributed by atoms with E-state index in [0.717, 1.165) is 0 Å². The molecule has 1 nitrogen and oxygen atoms in total. The fraction of sp³-hybridized carbons (Fsp3) is 1.00. The van der Waals surface area contributed by atoms with Crippen LogP contribution in [0.15, 0.2) is 0 Å². The van der Waals surface area contributed by atoms with Crippen LogP contribution in [-0.4, -0.2) is 19.6 Å². The predicted octanol–water partition coefficient (Wildman–Crippen LogP) is 1.68. The lowest BCUT2D eigenvalue weighted by Gasteiger charge is -2.39. The second kappa shape index (κ2) is 2.21. The van der Waals surface area contributed by atoms with Crippen LogP contribution in [0.1, 0.15) is 13.3 Å². The van der Waals surface area contributed by atoms with Crippen LogP contribution < -0.4 is 0 Å². The number of hydrogen-bond acceptors (Lipinski definition) is 1. The molecule has 1 aliphatic rings. The molecule has 1 fully saturated rings. The van der Waals surface area contributed by atoms with Crippen LogP contribution in [-0.2, 0) is 4.74 Å². The first-order valence-electron chi connectivity index (χ1n) is 3.07. The monoisotopic (exact) mass is 136 g/mol. The molecule has 0 N–H and O–H groups in total. The van der Waals surface area contributed by atoms with E-state index < -0.39 is 11.8 Å². The summed E-state index contributed by atoms with van der Waals surface area (Å²) < 4.78 is 28.8. The lowest BCUT2D eigenvalue weighted by Crippen LogP contribution is -2.47. The van der Waals surface area contributed by atoms with Gasteiger partial charge < -0.3 is 4.74 Å². The number of ether oxygens (including phenoxy) is 1. The maximum atomic E-state index is 12.1. The van der Waals surface area contributed by atoms with E-state index >= 15 is 0 Å². The van der Waals surface area contributed by atoms with Gasteiger partial charge in [-0.1, -0.05) is 6.92 Å². The third-order valence-electron chi connectivity index (χ3n) is 1.95. The maximum Gasteiger partial charge on any atom is 0.248 e. The normalized spacial score (nSPS) is 24.0. The van der Waals surface area contributed by atoms with Crippen molar-refractivity contribution < 1.29 is 13.5 Å². The standard InChI is InChI=1S/C6H10F2O/c1-2-6(5(7)8)3-9-4-6/h5H,2-4H2,1H3. The van der Waals surface area contributed by atoms with Gasteiger partial charge in [-0.15, -0.1) is 0 Å². The van der Waals surface area contributed by atoms with Gasteiger partial charge in [0.1, 0.15) is 0 Å². The Kier molecular flexibility index (Phi) is 1.70. The molecule has 0 radical (unpaired) electrons. The first kappa shape index (κ1) is 6.93. The number of rotatable bonds is 2. The summed E-state index contributed by atoms with van der Waals surface area (Å²) in [6, 6.07) is 0. The Morgan fingerprint density at radius 2 is 2.11 bits per heavy atom. The summed E-state index contributed by atoms with van der Waals surface area (Å²) in [5.41, 5.74) is -0.792. The fourth-order valence-corrected chi connectivity index (χ4v) is 0.849. The fourth-order valence-electron chi connectivity index (χ4n) is 0.849. The van der Waals surface area contributed by atoms with E-state index in [1.165, 1.54) is 0 Å². The summed E-state index contributed by atoms with van der Waals surface area (Å²) in [6.45, 7) is 2.25. The van der Waals surface area contributed by atoms with Gasteiger partial charge in [0, 0.05) is 0 Å². The Labute approximate surface area is 53.0 Å². The third-order valence-corrected chi connectivity index (χ3v) is 1.95. The molecule has 1 saturated heterocycles. The Hall–Kier alpha value is -0.180. The van der Waals surface area contributed by atoms with Crippen molar-refractivity contribution >= 4 is 0 Å². The molecule has 9 heavy (non-hydrogen) atoms. The van der Waals surface area contributed by atoms with E-state index in [4.69, 9.17) is 4.74 Å². The van der Waals surface area contributed by atoms with Crippen LogP contribution in [0.4, 0.5) is 8.78 Å². The van der Waals surface area contributed by atoms with E-state index in [-0.39, 0.29) is 13.2 Å². The van der Waals surface area contributed by atoms with Gasteiger partial charge in [-0.2, -0.15) is 0 Å². The first-order chi connectivity index (χ1) is 4.21. The summed E-state index contributed by atoms with van der Waals surface area (Å²) in [5.74, 6) is 0. The quantitative estimate of drug-likeness (QED) is 0.561. The lowest BCUT2D eigenvalue weighted by atomic mass is 9.84. The summed E-state index contributed by atoms with van der Waals surface area (Å²) in [6.07, 6.45) is -1.69. The van der Waals surface area contributed by atoms with Crippen molar-refractivity contribution in [3.05, 3.63) is 0 Å². The minimum Gasteiger partial charge on any atom is -0.380 e. The molecule has 0 atom stereocenters. The average Bonchev–Trinajstić information content (AvgIpc) is 1.62. The highest BCUT2D eigenvalue weighted by molar-refractivity contribution is 4.86. The van der Waals surface area contributed by atoms with Gasteiger partial charge in [-0.05, 0) is 6.42 Å². The molecule has 0 saturated carbocycles. The van der Waals surface area contributed by atoms with Crippen LogP contribution in [0.3, 0.4) is 0 Å². The van der Waals surface area contributed by atoms with Crippen molar-refractivity contribution in [3.63, 3.8) is 0 Å².